The Morgan fingerprint density at radius 3 is 2.73 bits per heavy atom. The average Bonchev–Trinajstić information content (AvgIpc) is 2.91. The number of aliphatic imine (C=N–C) groups is 1. The predicted molar refractivity (Wildman–Crippen MR) is 89.5 cm³/mol. The maximum absolute atomic E-state index is 10.9. The fraction of sp³-hybridized carbons (Fsp3) is 0.0526. The molecule has 0 aliphatic rings. The molecule has 0 aliphatic carbocycles. The van der Waals surface area contributed by atoms with E-state index in [2.05, 4.69) is 23.2 Å². The summed E-state index contributed by atoms with van der Waals surface area (Å²) in [5.74, 6) is -0.212. The molecule has 3 heteroatoms. The van der Waals surface area contributed by atoms with Gasteiger partial charge < -0.3 is 4.42 Å². The highest BCUT2D eigenvalue weighted by atomic mass is 16.3. The minimum atomic E-state index is -0.212. The van der Waals surface area contributed by atoms with Gasteiger partial charge in [-0.3, -0.25) is 4.79 Å². The van der Waals surface area contributed by atoms with Gasteiger partial charge in [0, 0.05) is 23.9 Å². The molecule has 22 heavy (non-hydrogen) atoms. The fourth-order valence-electron chi connectivity index (χ4n) is 2.81. The summed E-state index contributed by atoms with van der Waals surface area (Å²) in [6.07, 6.45) is 1.56. The lowest BCUT2D eigenvalue weighted by atomic mass is 10.0. The number of nitrogens with zero attached hydrogens (tertiary/aromatic N) is 1. The van der Waals surface area contributed by atoms with Crippen molar-refractivity contribution in [3.8, 4) is 0 Å². The number of hydrogen-bond donors (Lipinski definition) is 0. The van der Waals surface area contributed by atoms with Crippen LogP contribution < -0.4 is 0 Å². The van der Waals surface area contributed by atoms with Gasteiger partial charge in [-0.15, -0.1) is 0 Å². The first-order valence-corrected chi connectivity index (χ1v) is 7.11. The van der Waals surface area contributed by atoms with E-state index in [1.165, 1.54) is 17.7 Å². The summed E-state index contributed by atoms with van der Waals surface area (Å²) < 4.78 is 5.96. The molecule has 0 saturated carbocycles. The summed E-state index contributed by atoms with van der Waals surface area (Å²) >= 11 is 0. The number of benzene rings is 3. The molecule has 0 unspecified atom stereocenters. The molecule has 3 nitrogen and oxygen atoms in total. The van der Waals surface area contributed by atoms with Crippen molar-refractivity contribution in [3.05, 3.63) is 60.2 Å². The molecule has 1 heterocycles. The van der Waals surface area contributed by atoms with Crippen LogP contribution in [0.15, 0.2) is 64.0 Å². The monoisotopic (exact) mass is 287 g/mol. The molecular weight excluding hydrogens is 274 g/mol. The Morgan fingerprint density at radius 2 is 1.86 bits per heavy atom. The maximum Gasteiger partial charge on any atom is 0.242 e. The molecule has 1 amide bonds. The van der Waals surface area contributed by atoms with Crippen LogP contribution in [0, 0.1) is 0 Å². The second kappa shape index (κ2) is 4.81. The maximum atomic E-state index is 10.9. The summed E-state index contributed by atoms with van der Waals surface area (Å²) in [6.45, 7) is 1.43. The van der Waals surface area contributed by atoms with Crippen LogP contribution in [0.3, 0.4) is 0 Å². The van der Waals surface area contributed by atoms with E-state index in [4.69, 9.17) is 4.42 Å². The minimum Gasteiger partial charge on any atom is -0.456 e. The Kier molecular flexibility index (Phi) is 2.79. The number of rotatable bonds is 1. The van der Waals surface area contributed by atoms with Crippen LogP contribution >= 0.6 is 0 Å². The summed E-state index contributed by atoms with van der Waals surface area (Å²) in [5, 5.41) is 4.58. The van der Waals surface area contributed by atoms with Crippen LogP contribution in [-0.4, -0.2) is 12.1 Å². The molecule has 0 spiro atoms. The van der Waals surface area contributed by atoms with Crippen molar-refractivity contribution in [2.45, 2.75) is 6.92 Å². The van der Waals surface area contributed by atoms with Gasteiger partial charge in [-0.2, -0.15) is 0 Å². The van der Waals surface area contributed by atoms with Gasteiger partial charge in [-0.1, -0.05) is 36.4 Å². The van der Waals surface area contributed by atoms with E-state index >= 15 is 0 Å². The molecule has 0 bridgehead atoms. The van der Waals surface area contributed by atoms with Gasteiger partial charge in [-0.25, -0.2) is 4.99 Å². The first-order chi connectivity index (χ1) is 10.7. The normalized spacial score (nSPS) is 11.9. The van der Waals surface area contributed by atoms with Crippen molar-refractivity contribution >= 4 is 44.8 Å². The van der Waals surface area contributed by atoms with Gasteiger partial charge in [0.25, 0.3) is 0 Å². The lowest BCUT2D eigenvalue weighted by Gasteiger charge is -1.98. The van der Waals surface area contributed by atoms with Crippen LogP contribution in [0.2, 0.25) is 0 Å². The molecule has 0 radical (unpaired) electrons. The van der Waals surface area contributed by atoms with E-state index in [1.54, 1.807) is 6.21 Å². The minimum absolute atomic E-state index is 0.212. The Labute approximate surface area is 126 Å². The highest BCUT2D eigenvalue weighted by molar-refractivity contribution is 6.19. The van der Waals surface area contributed by atoms with Crippen LogP contribution in [-0.2, 0) is 4.79 Å². The zero-order valence-corrected chi connectivity index (χ0v) is 12.0. The standard InChI is InChI=1S/C19H13NO2/c1-12(21)20-11-13-6-8-16-18(10-13)22-17-9-7-14-4-2-3-5-15(14)19(16)17/h2-11H,1H3/b20-11+. The van der Waals surface area contributed by atoms with Gasteiger partial charge in [0.2, 0.25) is 5.91 Å². The third-order valence-corrected chi connectivity index (χ3v) is 3.78. The lowest BCUT2D eigenvalue weighted by Crippen LogP contribution is -1.86. The van der Waals surface area contributed by atoms with Crippen molar-refractivity contribution < 1.29 is 9.21 Å². The molecule has 3 aromatic carbocycles. The molecule has 4 rings (SSSR count). The zero-order valence-electron chi connectivity index (χ0n) is 12.0. The third-order valence-electron chi connectivity index (χ3n) is 3.78. The molecule has 0 fully saturated rings. The molecular formula is C19H13NO2. The number of carbonyl (C=O) groups is 1. The highest BCUT2D eigenvalue weighted by Gasteiger charge is 2.10. The van der Waals surface area contributed by atoms with Crippen molar-refractivity contribution in [1.82, 2.24) is 0 Å². The Morgan fingerprint density at radius 1 is 1.00 bits per heavy atom. The smallest absolute Gasteiger partial charge is 0.242 e. The Balaban J connectivity index is 2.02. The first-order valence-electron chi connectivity index (χ1n) is 7.11. The van der Waals surface area contributed by atoms with Crippen LogP contribution in [0.25, 0.3) is 32.7 Å². The Bertz CT molecular complexity index is 1060. The number of fused-ring (bicyclic) bond motifs is 5. The van der Waals surface area contributed by atoms with Gasteiger partial charge in [0.05, 0.1) is 0 Å². The van der Waals surface area contributed by atoms with E-state index in [9.17, 15) is 4.79 Å². The van der Waals surface area contributed by atoms with Gasteiger partial charge >= 0.3 is 0 Å². The fourth-order valence-corrected chi connectivity index (χ4v) is 2.81. The molecule has 0 N–H and O–H groups in total. The van der Waals surface area contributed by atoms with E-state index in [0.29, 0.717) is 0 Å². The molecule has 4 aromatic rings. The van der Waals surface area contributed by atoms with Crippen molar-refractivity contribution in [3.63, 3.8) is 0 Å². The largest absolute Gasteiger partial charge is 0.456 e. The number of furan rings is 1. The van der Waals surface area contributed by atoms with Crippen LogP contribution in [0.5, 0.6) is 0 Å². The van der Waals surface area contributed by atoms with Crippen LogP contribution in [0.1, 0.15) is 12.5 Å². The quantitative estimate of drug-likeness (QED) is 0.476. The van der Waals surface area contributed by atoms with E-state index < -0.39 is 0 Å². The number of amides is 1. The Hall–Kier alpha value is -2.94. The number of hydrogen-bond acceptors (Lipinski definition) is 2. The van der Waals surface area contributed by atoms with Crippen molar-refractivity contribution in [1.29, 1.82) is 0 Å². The predicted octanol–water partition coefficient (Wildman–Crippen LogP) is 4.70. The molecule has 106 valence electrons. The second-order valence-electron chi connectivity index (χ2n) is 5.29. The summed E-state index contributed by atoms with van der Waals surface area (Å²) in [7, 11) is 0. The first kappa shape index (κ1) is 12.8. The summed E-state index contributed by atoms with van der Waals surface area (Å²) in [5.41, 5.74) is 2.53. The highest BCUT2D eigenvalue weighted by Crippen LogP contribution is 2.34. The number of carbonyl (C=O) groups excluding carboxylic acids is 1. The topological polar surface area (TPSA) is 42.6 Å². The zero-order chi connectivity index (χ0) is 15.1. The molecule has 1 aromatic heterocycles. The van der Waals surface area contributed by atoms with E-state index in [1.807, 2.05) is 36.4 Å². The van der Waals surface area contributed by atoms with E-state index in [0.717, 1.165) is 27.5 Å². The van der Waals surface area contributed by atoms with Crippen LogP contribution in [0.4, 0.5) is 0 Å². The summed E-state index contributed by atoms with van der Waals surface area (Å²) in [4.78, 5) is 14.7. The van der Waals surface area contributed by atoms with Gasteiger partial charge in [0.15, 0.2) is 0 Å². The summed E-state index contributed by atoms with van der Waals surface area (Å²) in [6, 6.07) is 18.2. The SMILES string of the molecule is CC(=O)/N=C/c1ccc2c(c1)oc1ccc3ccccc3c12. The second-order valence-corrected chi connectivity index (χ2v) is 5.29. The lowest BCUT2D eigenvalue weighted by molar-refractivity contribution is -0.115. The third kappa shape index (κ3) is 1.99. The molecule has 0 atom stereocenters. The van der Waals surface area contributed by atoms with Crippen molar-refractivity contribution in [2.75, 3.05) is 0 Å². The molecule has 0 saturated heterocycles. The average molecular weight is 287 g/mol. The molecule has 0 aliphatic heterocycles. The van der Waals surface area contributed by atoms with E-state index in [-0.39, 0.29) is 5.91 Å². The van der Waals surface area contributed by atoms with Crippen molar-refractivity contribution in [2.24, 2.45) is 4.99 Å². The van der Waals surface area contributed by atoms with Gasteiger partial charge in [0.1, 0.15) is 11.2 Å². The van der Waals surface area contributed by atoms with Gasteiger partial charge in [-0.05, 0) is 34.5 Å².